The van der Waals surface area contributed by atoms with Crippen molar-refractivity contribution in [2.75, 3.05) is 23.7 Å². The first kappa shape index (κ1) is 29.9. The van der Waals surface area contributed by atoms with E-state index in [4.69, 9.17) is 21.1 Å². The molecule has 0 amide bonds. The van der Waals surface area contributed by atoms with Crippen LogP contribution < -0.4 is 21.3 Å². The number of pyridine rings is 1. The van der Waals surface area contributed by atoms with Gasteiger partial charge in [-0.2, -0.15) is 13.2 Å². The number of aromatic nitrogens is 3. The van der Waals surface area contributed by atoms with Crippen LogP contribution in [0.2, 0.25) is 5.02 Å². The van der Waals surface area contributed by atoms with E-state index in [1.807, 2.05) is 24.3 Å². The Balaban J connectivity index is 0.000000146. The van der Waals surface area contributed by atoms with Gasteiger partial charge in [-0.25, -0.2) is 15.0 Å². The van der Waals surface area contributed by atoms with E-state index >= 15 is 0 Å². The lowest BCUT2D eigenvalue weighted by atomic mass is 10.0. The van der Waals surface area contributed by atoms with Crippen LogP contribution >= 0.6 is 11.6 Å². The fourth-order valence-electron chi connectivity index (χ4n) is 6.18. The molecule has 2 aromatic heterocycles. The smallest absolute Gasteiger partial charge is 0.367 e. The highest BCUT2D eigenvalue weighted by Gasteiger charge is 2.42. The van der Waals surface area contributed by atoms with E-state index in [1.54, 1.807) is 18.3 Å². The quantitative estimate of drug-likeness (QED) is 0.193. The minimum atomic E-state index is -4.56. The summed E-state index contributed by atoms with van der Waals surface area (Å²) in [5.41, 5.74) is 3.94. The number of hydrogen-bond acceptors (Lipinski definition) is 9. The van der Waals surface area contributed by atoms with Gasteiger partial charge < -0.3 is 30.7 Å². The van der Waals surface area contributed by atoms with Gasteiger partial charge in [-0.05, 0) is 66.4 Å². The molecule has 0 saturated carbocycles. The number of morpholine rings is 2. The highest BCUT2D eigenvalue weighted by atomic mass is 35.5. The highest BCUT2D eigenvalue weighted by Crippen LogP contribution is 2.38. The van der Waals surface area contributed by atoms with Crippen LogP contribution in [0.4, 0.5) is 36.2 Å². The molecule has 6 atom stereocenters. The lowest BCUT2D eigenvalue weighted by Gasteiger charge is -2.23. The first-order valence-corrected chi connectivity index (χ1v) is 15.2. The SMILES string of the molecule is Clc1ccc(Nc2ccc([C@H]3O[C@@H]4CN[C@H]3C4)cc2)nc1.FC(F)(F)c1nccc(Nc2ccc([C@H]3O[C@@H]4CN[C@H]3C4)cc2)n1. The second-order valence-electron chi connectivity index (χ2n) is 11.5. The van der Waals surface area contributed by atoms with Gasteiger partial charge in [0.15, 0.2) is 0 Å². The second kappa shape index (κ2) is 12.5. The summed E-state index contributed by atoms with van der Waals surface area (Å²) >= 11 is 5.83. The van der Waals surface area contributed by atoms with Gasteiger partial charge in [0.25, 0.3) is 0 Å². The van der Waals surface area contributed by atoms with E-state index in [0.29, 0.717) is 28.9 Å². The van der Waals surface area contributed by atoms with Crippen LogP contribution in [0, 0.1) is 0 Å². The third-order valence-electron chi connectivity index (χ3n) is 8.32. The molecule has 13 heteroatoms. The minimum absolute atomic E-state index is 0.0358. The number of fused-ring (bicyclic) bond motifs is 4. The first-order valence-electron chi connectivity index (χ1n) is 14.8. The Kier molecular flexibility index (Phi) is 8.32. The lowest BCUT2D eigenvalue weighted by Crippen LogP contribution is -2.33. The van der Waals surface area contributed by atoms with Crippen molar-refractivity contribution in [2.24, 2.45) is 0 Å². The number of rotatable bonds is 6. The van der Waals surface area contributed by atoms with E-state index in [1.165, 1.54) is 11.6 Å². The van der Waals surface area contributed by atoms with Gasteiger partial charge >= 0.3 is 6.18 Å². The number of nitrogens with zero attached hydrogens (tertiary/aromatic N) is 3. The molecule has 45 heavy (non-hydrogen) atoms. The van der Waals surface area contributed by atoms with Gasteiger partial charge in [-0.15, -0.1) is 0 Å². The standard InChI is InChI=1S/C16H16ClN3O.C16H15F3N4O/c17-11-3-6-15(19-8-11)20-12-4-1-10(2-5-12)16-14-7-13(21-16)9-18-14;17-16(18,19)15-20-6-5-13(23-15)22-10-3-1-9(2-4-10)14-12-7-11(24-14)8-21-12/h1-6,8,13-14,16,18H,7,9H2,(H,19,20);1-6,11-12,14,21H,7-8H2,(H,20,22,23)/t13-,14-,16+;11-,12-,14+/m00/s1. The summed E-state index contributed by atoms with van der Waals surface area (Å²) in [7, 11) is 0. The Hall–Kier alpha value is -3.81. The van der Waals surface area contributed by atoms with Crippen molar-refractivity contribution in [1.29, 1.82) is 0 Å². The lowest BCUT2D eigenvalue weighted by molar-refractivity contribution is -0.144. The zero-order chi connectivity index (χ0) is 31.0. The van der Waals surface area contributed by atoms with E-state index < -0.39 is 12.0 Å². The summed E-state index contributed by atoms with van der Waals surface area (Å²) in [6.07, 6.45) is 1.18. The van der Waals surface area contributed by atoms with Gasteiger partial charge in [0, 0.05) is 48.9 Å². The molecule has 234 valence electrons. The molecule has 0 spiro atoms. The van der Waals surface area contributed by atoms with Crippen LogP contribution in [-0.4, -0.2) is 52.3 Å². The molecule has 6 heterocycles. The third kappa shape index (κ3) is 6.90. The average Bonchev–Trinajstić information content (AvgIpc) is 3.87. The summed E-state index contributed by atoms with van der Waals surface area (Å²) in [5.74, 6) is -0.279. The van der Waals surface area contributed by atoms with Crippen LogP contribution in [-0.2, 0) is 15.7 Å². The average molecular weight is 638 g/mol. The van der Waals surface area contributed by atoms with Gasteiger partial charge in [0.1, 0.15) is 11.6 Å². The molecule has 0 unspecified atom stereocenters. The molecule has 0 radical (unpaired) electrons. The summed E-state index contributed by atoms with van der Waals surface area (Å²) < 4.78 is 49.8. The zero-order valence-electron chi connectivity index (χ0n) is 24.0. The van der Waals surface area contributed by atoms with Crippen molar-refractivity contribution >= 4 is 34.6 Å². The van der Waals surface area contributed by atoms with Crippen molar-refractivity contribution in [3.8, 4) is 0 Å². The predicted molar refractivity (Wildman–Crippen MR) is 164 cm³/mol. The van der Waals surface area contributed by atoms with Crippen LogP contribution in [0.5, 0.6) is 0 Å². The van der Waals surface area contributed by atoms with Crippen molar-refractivity contribution in [2.45, 2.75) is 55.5 Å². The Morgan fingerprint density at radius 1 is 0.711 bits per heavy atom. The molecule has 4 N–H and O–H groups in total. The molecule has 9 nitrogen and oxygen atoms in total. The molecule has 4 aliphatic rings. The van der Waals surface area contributed by atoms with E-state index in [2.05, 4.69) is 60.5 Å². The van der Waals surface area contributed by atoms with Crippen molar-refractivity contribution in [3.63, 3.8) is 0 Å². The van der Waals surface area contributed by atoms with Gasteiger partial charge in [0.2, 0.25) is 5.82 Å². The van der Waals surface area contributed by atoms with Crippen LogP contribution in [0.25, 0.3) is 0 Å². The van der Waals surface area contributed by atoms with Crippen LogP contribution in [0.3, 0.4) is 0 Å². The predicted octanol–water partition coefficient (Wildman–Crippen LogP) is 6.32. The summed E-state index contributed by atoms with van der Waals surface area (Å²) in [6, 6.07) is 21.7. The van der Waals surface area contributed by atoms with E-state index in [9.17, 15) is 13.2 Å². The topological polar surface area (TPSA) is 105 Å². The molecule has 4 saturated heterocycles. The molecule has 4 aromatic rings. The monoisotopic (exact) mass is 637 g/mol. The van der Waals surface area contributed by atoms with Crippen molar-refractivity contribution < 1.29 is 22.6 Å². The number of alkyl halides is 3. The fourth-order valence-corrected chi connectivity index (χ4v) is 6.29. The zero-order valence-corrected chi connectivity index (χ0v) is 24.7. The molecule has 4 bridgehead atoms. The summed E-state index contributed by atoms with van der Waals surface area (Å²) in [4.78, 5) is 11.0. The van der Waals surface area contributed by atoms with Crippen molar-refractivity contribution in [3.05, 3.63) is 101 Å². The molecular formula is C32H31ClF3N7O2. The highest BCUT2D eigenvalue weighted by molar-refractivity contribution is 6.30. The van der Waals surface area contributed by atoms with Crippen LogP contribution in [0.15, 0.2) is 79.1 Å². The van der Waals surface area contributed by atoms with E-state index in [0.717, 1.165) is 49.2 Å². The number of nitrogens with one attached hydrogen (secondary N) is 4. The number of halogens is 4. The molecular weight excluding hydrogens is 607 g/mol. The summed E-state index contributed by atoms with van der Waals surface area (Å²) in [5, 5.41) is 13.7. The van der Waals surface area contributed by atoms with Gasteiger partial charge in [-0.3, -0.25) is 0 Å². The summed E-state index contributed by atoms with van der Waals surface area (Å²) in [6.45, 7) is 1.89. The van der Waals surface area contributed by atoms with Gasteiger partial charge in [0.05, 0.1) is 29.4 Å². The number of ether oxygens (including phenoxy) is 2. The Bertz CT molecular complexity index is 1610. The van der Waals surface area contributed by atoms with Crippen molar-refractivity contribution in [1.82, 2.24) is 25.6 Å². The largest absolute Gasteiger partial charge is 0.451 e. The Morgan fingerprint density at radius 3 is 1.71 bits per heavy atom. The molecule has 8 rings (SSSR count). The second-order valence-corrected chi connectivity index (χ2v) is 11.9. The first-order chi connectivity index (χ1) is 21.8. The van der Waals surface area contributed by atoms with Crippen LogP contribution in [0.1, 0.15) is 42.0 Å². The number of hydrogen-bond donors (Lipinski definition) is 4. The number of benzene rings is 2. The maximum Gasteiger partial charge on any atom is 0.451 e. The van der Waals surface area contributed by atoms with Gasteiger partial charge in [-0.1, -0.05) is 35.9 Å². The van der Waals surface area contributed by atoms with E-state index in [-0.39, 0.29) is 24.1 Å². The number of anilines is 4. The maximum atomic E-state index is 12.6. The minimum Gasteiger partial charge on any atom is -0.367 e. The molecule has 0 aliphatic carbocycles. The normalized spacial score (nSPS) is 26.4. The fraction of sp³-hybridized carbons (Fsp3) is 0.344. The molecule has 4 fully saturated rings. The molecule has 2 aromatic carbocycles. The maximum absolute atomic E-state index is 12.6. The molecule has 4 aliphatic heterocycles. The Morgan fingerprint density at radius 2 is 1.27 bits per heavy atom. The third-order valence-corrected chi connectivity index (χ3v) is 8.54. The Labute approximate surface area is 262 Å².